The molecule has 0 spiro atoms. The summed E-state index contributed by atoms with van der Waals surface area (Å²) in [5.41, 5.74) is 1.06. The van der Waals surface area contributed by atoms with Crippen molar-refractivity contribution in [3.8, 4) is 11.6 Å². The van der Waals surface area contributed by atoms with Gasteiger partial charge in [-0.15, -0.1) is 11.3 Å². The topological polar surface area (TPSA) is 45.2 Å². The van der Waals surface area contributed by atoms with Crippen molar-refractivity contribution in [2.75, 3.05) is 7.11 Å². The molecular formula is C15H13NO2S2. The summed E-state index contributed by atoms with van der Waals surface area (Å²) < 4.78 is 6.04. The van der Waals surface area contributed by atoms with Crippen molar-refractivity contribution in [1.29, 1.82) is 0 Å². The first-order valence-electron chi connectivity index (χ1n) is 6.14. The van der Waals surface area contributed by atoms with Gasteiger partial charge in [-0.2, -0.15) is 0 Å². The molecule has 20 heavy (non-hydrogen) atoms. The van der Waals surface area contributed by atoms with Gasteiger partial charge in [0.25, 0.3) is 0 Å². The monoisotopic (exact) mass is 303 g/mol. The fourth-order valence-corrected chi connectivity index (χ4v) is 3.46. The van der Waals surface area contributed by atoms with Crippen molar-refractivity contribution < 1.29 is 9.84 Å². The largest absolute Gasteiger partial charge is 0.496 e. The van der Waals surface area contributed by atoms with Gasteiger partial charge in [0.05, 0.1) is 12.0 Å². The molecular weight excluding hydrogens is 290 g/mol. The van der Waals surface area contributed by atoms with Crippen molar-refractivity contribution in [3.05, 3.63) is 50.8 Å². The number of hydrogen-bond acceptors (Lipinski definition) is 4. The molecule has 0 saturated heterocycles. The first kappa shape index (κ1) is 13.1. The Morgan fingerprint density at radius 1 is 1.25 bits per heavy atom. The zero-order chi connectivity index (χ0) is 14.1. The van der Waals surface area contributed by atoms with Gasteiger partial charge in [0, 0.05) is 12.0 Å². The van der Waals surface area contributed by atoms with Gasteiger partial charge in [-0.3, -0.25) is 0 Å². The summed E-state index contributed by atoms with van der Waals surface area (Å²) in [6.45, 7) is 0. The summed E-state index contributed by atoms with van der Waals surface area (Å²) in [7, 11) is 1.66. The highest BCUT2D eigenvalue weighted by Crippen LogP contribution is 2.33. The van der Waals surface area contributed by atoms with Crippen molar-refractivity contribution in [2.24, 2.45) is 0 Å². The molecule has 0 aliphatic heterocycles. The molecule has 2 N–H and O–H groups in total. The average Bonchev–Trinajstić information content (AvgIpc) is 2.77. The van der Waals surface area contributed by atoms with E-state index in [2.05, 4.69) is 17.1 Å². The van der Waals surface area contributed by atoms with Crippen LogP contribution in [0, 0.1) is 3.95 Å². The van der Waals surface area contributed by atoms with Gasteiger partial charge in [-0.25, -0.2) is 0 Å². The Labute approximate surface area is 125 Å². The van der Waals surface area contributed by atoms with Gasteiger partial charge in [0.15, 0.2) is 3.95 Å². The Balaban J connectivity index is 2.18. The molecule has 1 heterocycles. The second-order valence-electron chi connectivity index (χ2n) is 4.43. The van der Waals surface area contributed by atoms with Crippen molar-refractivity contribution in [2.45, 2.75) is 6.42 Å². The Bertz CT molecular complexity index is 820. The molecule has 3 aromatic rings. The minimum atomic E-state index is 0.148. The number of rotatable bonds is 3. The number of fused-ring (bicyclic) bond motifs is 1. The van der Waals surface area contributed by atoms with Crippen LogP contribution < -0.4 is 4.74 Å². The Morgan fingerprint density at radius 3 is 2.75 bits per heavy atom. The molecule has 0 bridgehead atoms. The number of aromatic amines is 1. The number of H-pyrrole nitrogens is 1. The van der Waals surface area contributed by atoms with Crippen molar-refractivity contribution in [3.63, 3.8) is 0 Å². The first-order valence-corrected chi connectivity index (χ1v) is 7.37. The van der Waals surface area contributed by atoms with Gasteiger partial charge in [0.2, 0.25) is 5.88 Å². The van der Waals surface area contributed by atoms with Gasteiger partial charge < -0.3 is 14.8 Å². The molecule has 0 unspecified atom stereocenters. The third-order valence-electron chi connectivity index (χ3n) is 3.26. The molecule has 0 fully saturated rings. The Kier molecular flexibility index (Phi) is 3.46. The normalized spacial score (nSPS) is 10.8. The van der Waals surface area contributed by atoms with E-state index in [4.69, 9.17) is 17.0 Å². The molecule has 2 aromatic carbocycles. The molecule has 0 saturated carbocycles. The standard InChI is InChI=1S/C15H13NO2S2/c1-18-12-7-6-9-4-2-3-5-10(9)11(12)8-13-14(17)16-15(19)20-13/h2-7,17H,8H2,1H3,(H,16,19). The smallest absolute Gasteiger partial charge is 0.203 e. The predicted molar refractivity (Wildman–Crippen MR) is 84.5 cm³/mol. The predicted octanol–water partition coefficient (Wildman–Crippen LogP) is 4.26. The van der Waals surface area contributed by atoms with Crippen LogP contribution in [0.2, 0.25) is 0 Å². The van der Waals surface area contributed by atoms with Crippen LogP contribution in [0.1, 0.15) is 10.4 Å². The maximum atomic E-state index is 9.88. The lowest BCUT2D eigenvalue weighted by Gasteiger charge is -2.11. The first-order chi connectivity index (χ1) is 9.69. The number of nitrogens with one attached hydrogen (secondary N) is 1. The number of thiazole rings is 1. The van der Waals surface area contributed by atoms with Gasteiger partial charge >= 0.3 is 0 Å². The Hall–Kier alpha value is -1.85. The van der Waals surface area contributed by atoms with Crippen LogP contribution in [-0.2, 0) is 6.42 Å². The molecule has 3 nitrogen and oxygen atoms in total. The van der Waals surface area contributed by atoms with Gasteiger partial charge in [-0.05, 0) is 29.1 Å². The summed E-state index contributed by atoms with van der Waals surface area (Å²) in [4.78, 5) is 3.59. The second kappa shape index (κ2) is 5.26. The van der Waals surface area contributed by atoms with E-state index in [0.29, 0.717) is 10.4 Å². The maximum Gasteiger partial charge on any atom is 0.203 e. The molecule has 3 rings (SSSR count). The minimum Gasteiger partial charge on any atom is -0.496 e. The van der Waals surface area contributed by atoms with Crippen LogP contribution in [0.15, 0.2) is 36.4 Å². The number of methoxy groups -OCH3 is 1. The van der Waals surface area contributed by atoms with E-state index in [1.165, 1.54) is 11.3 Å². The quantitative estimate of drug-likeness (QED) is 0.710. The Morgan fingerprint density at radius 2 is 2.05 bits per heavy atom. The van der Waals surface area contributed by atoms with Crippen LogP contribution in [0.4, 0.5) is 0 Å². The van der Waals surface area contributed by atoms with Crippen LogP contribution >= 0.6 is 23.6 Å². The fourth-order valence-electron chi connectivity index (χ4n) is 2.32. The molecule has 0 radical (unpaired) electrons. The van der Waals surface area contributed by atoms with Crippen LogP contribution in [-0.4, -0.2) is 17.2 Å². The molecule has 0 aliphatic rings. The molecule has 0 aliphatic carbocycles. The van der Waals surface area contributed by atoms with E-state index in [1.807, 2.05) is 24.3 Å². The van der Waals surface area contributed by atoms with Gasteiger partial charge in [-0.1, -0.05) is 30.3 Å². The lowest BCUT2D eigenvalue weighted by Crippen LogP contribution is -1.94. The third-order valence-corrected chi connectivity index (χ3v) is 4.48. The van der Waals surface area contributed by atoms with E-state index in [-0.39, 0.29) is 5.88 Å². The third kappa shape index (κ3) is 2.30. The van der Waals surface area contributed by atoms with Crippen molar-refractivity contribution in [1.82, 2.24) is 4.98 Å². The lowest BCUT2D eigenvalue weighted by atomic mass is 10.0. The van der Waals surface area contributed by atoms with Crippen LogP contribution in [0.25, 0.3) is 10.8 Å². The van der Waals surface area contributed by atoms with Crippen molar-refractivity contribution >= 4 is 34.3 Å². The summed E-state index contributed by atoms with van der Waals surface area (Å²) in [5, 5.41) is 12.2. The molecule has 0 amide bonds. The SMILES string of the molecule is COc1ccc2ccccc2c1Cc1sc(=S)[nH]c1O. The number of aromatic nitrogens is 1. The van der Waals surface area contributed by atoms with E-state index < -0.39 is 0 Å². The van der Waals surface area contributed by atoms with Gasteiger partial charge in [0.1, 0.15) is 5.75 Å². The van der Waals surface area contributed by atoms with Crippen LogP contribution in [0.5, 0.6) is 11.6 Å². The molecule has 0 atom stereocenters. The highest BCUT2D eigenvalue weighted by molar-refractivity contribution is 7.73. The van der Waals surface area contributed by atoms with E-state index in [1.54, 1.807) is 7.11 Å². The van der Waals surface area contributed by atoms with E-state index >= 15 is 0 Å². The number of ether oxygens (including phenoxy) is 1. The molecule has 5 heteroatoms. The summed E-state index contributed by atoms with van der Waals surface area (Å²) >= 11 is 6.46. The summed E-state index contributed by atoms with van der Waals surface area (Å²) in [5.74, 6) is 0.970. The molecule has 1 aromatic heterocycles. The minimum absolute atomic E-state index is 0.148. The molecule has 102 valence electrons. The lowest BCUT2D eigenvalue weighted by molar-refractivity contribution is 0.411. The highest BCUT2D eigenvalue weighted by atomic mass is 32.1. The van der Waals surface area contributed by atoms with E-state index in [9.17, 15) is 5.11 Å². The summed E-state index contributed by atoms with van der Waals surface area (Å²) in [6.07, 6.45) is 0.591. The second-order valence-corrected chi connectivity index (χ2v) is 6.20. The number of hydrogen-bond donors (Lipinski definition) is 2. The highest BCUT2D eigenvalue weighted by Gasteiger charge is 2.13. The number of benzene rings is 2. The maximum absolute atomic E-state index is 9.88. The number of aromatic hydroxyl groups is 1. The summed E-state index contributed by atoms with van der Waals surface area (Å²) in [6, 6.07) is 12.1. The zero-order valence-corrected chi connectivity index (χ0v) is 12.5. The average molecular weight is 303 g/mol. The van der Waals surface area contributed by atoms with Crippen LogP contribution in [0.3, 0.4) is 0 Å². The zero-order valence-electron chi connectivity index (χ0n) is 10.8. The fraction of sp³-hybridized carbons (Fsp3) is 0.133. The van der Waals surface area contributed by atoms with E-state index in [0.717, 1.165) is 27.0 Å².